The lowest BCUT2D eigenvalue weighted by Crippen LogP contribution is -2.26. The summed E-state index contributed by atoms with van der Waals surface area (Å²) in [5, 5.41) is 8.80. The Labute approximate surface area is 125 Å². The van der Waals surface area contributed by atoms with Crippen LogP contribution in [0.2, 0.25) is 0 Å². The van der Waals surface area contributed by atoms with E-state index < -0.39 is 23.7 Å². The zero-order valence-corrected chi connectivity index (χ0v) is 13.1. The second-order valence-electron chi connectivity index (χ2n) is 6.55. The van der Waals surface area contributed by atoms with Crippen molar-refractivity contribution in [2.24, 2.45) is 5.41 Å². The number of rotatable bonds is 7. The van der Waals surface area contributed by atoms with E-state index in [0.717, 1.165) is 12.0 Å². The smallest absolute Gasteiger partial charge is 0.303 e. The van der Waals surface area contributed by atoms with Crippen LogP contribution in [0.15, 0.2) is 24.3 Å². The van der Waals surface area contributed by atoms with E-state index in [-0.39, 0.29) is 12.0 Å². The molecule has 4 heteroatoms. The Morgan fingerprint density at radius 1 is 1.24 bits per heavy atom. The monoisotopic (exact) mass is 298 g/mol. The number of hydrogen-bond donors (Lipinski definition) is 1. The lowest BCUT2D eigenvalue weighted by Gasteiger charge is -2.28. The molecule has 0 aliphatic carbocycles. The van der Waals surface area contributed by atoms with E-state index in [9.17, 15) is 13.6 Å². The summed E-state index contributed by atoms with van der Waals surface area (Å²) in [6, 6.07) is 6.39. The van der Waals surface area contributed by atoms with Crippen LogP contribution in [-0.2, 0) is 10.7 Å². The molecule has 1 atom stereocenters. The molecule has 1 N–H and O–H groups in total. The molecule has 0 aliphatic rings. The first-order valence-electron chi connectivity index (χ1n) is 7.27. The second kappa shape index (κ2) is 6.54. The largest absolute Gasteiger partial charge is 0.481 e. The van der Waals surface area contributed by atoms with Gasteiger partial charge in [0.15, 0.2) is 0 Å². The Balaban J connectivity index is 2.89. The first-order chi connectivity index (χ1) is 9.57. The minimum atomic E-state index is -3.02. The molecule has 1 aromatic carbocycles. The van der Waals surface area contributed by atoms with Gasteiger partial charge in [-0.2, -0.15) is 0 Å². The Morgan fingerprint density at radius 2 is 1.76 bits per heavy atom. The zero-order chi connectivity index (χ0) is 16.3. The van der Waals surface area contributed by atoms with Gasteiger partial charge in [-0.05, 0) is 23.3 Å². The maximum absolute atomic E-state index is 14.3. The van der Waals surface area contributed by atoms with E-state index in [1.54, 1.807) is 26.0 Å². The predicted octanol–water partition coefficient (Wildman–Crippen LogP) is 5.18. The minimum Gasteiger partial charge on any atom is -0.481 e. The van der Waals surface area contributed by atoms with Crippen molar-refractivity contribution >= 4 is 5.97 Å². The average Bonchev–Trinajstić information content (AvgIpc) is 2.35. The van der Waals surface area contributed by atoms with Gasteiger partial charge >= 0.3 is 5.97 Å². The molecular formula is C17H24F2O2. The third-order valence-corrected chi connectivity index (χ3v) is 3.84. The molecule has 1 unspecified atom stereocenters. The maximum atomic E-state index is 14.3. The molecule has 0 heterocycles. The number of carbonyl (C=O) groups is 1. The summed E-state index contributed by atoms with van der Waals surface area (Å²) in [7, 11) is 0. The molecule has 118 valence electrons. The molecule has 0 amide bonds. The fourth-order valence-electron chi connectivity index (χ4n) is 2.47. The van der Waals surface area contributed by atoms with Crippen molar-refractivity contribution in [3.8, 4) is 0 Å². The Kier molecular flexibility index (Phi) is 5.48. The topological polar surface area (TPSA) is 37.3 Å². The van der Waals surface area contributed by atoms with Gasteiger partial charge in [-0.1, -0.05) is 52.0 Å². The van der Waals surface area contributed by atoms with Gasteiger partial charge in [-0.25, -0.2) is 8.78 Å². The van der Waals surface area contributed by atoms with Gasteiger partial charge < -0.3 is 5.11 Å². The van der Waals surface area contributed by atoms with Gasteiger partial charge in [0, 0.05) is 12.0 Å². The van der Waals surface area contributed by atoms with Crippen molar-refractivity contribution in [2.75, 3.05) is 0 Å². The minimum absolute atomic E-state index is 0.0481. The molecule has 0 fully saturated rings. The van der Waals surface area contributed by atoms with Crippen LogP contribution in [0.25, 0.3) is 0 Å². The SMILES string of the molecule is CCC(C)c1ccc(C(F)(F)CC(C)(C)CC(=O)O)cc1. The van der Waals surface area contributed by atoms with Gasteiger partial charge in [-0.3, -0.25) is 4.79 Å². The second-order valence-corrected chi connectivity index (χ2v) is 6.55. The van der Waals surface area contributed by atoms with E-state index in [2.05, 4.69) is 13.8 Å². The van der Waals surface area contributed by atoms with Crippen molar-refractivity contribution in [3.63, 3.8) is 0 Å². The first-order valence-corrected chi connectivity index (χ1v) is 7.27. The van der Waals surface area contributed by atoms with Crippen LogP contribution in [0.4, 0.5) is 8.78 Å². The lowest BCUT2D eigenvalue weighted by molar-refractivity contribution is -0.140. The average molecular weight is 298 g/mol. The summed E-state index contributed by atoms with van der Waals surface area (Å²) < 4.78 is 28.6. The molecular weight excluding hydrogens is 274 g/mol. The van der Waals surface area contributed by atoms with Gasteiger partial charge in [0.05, 0.1) is 6.42 Å². The number of aliphatic carboxylic acids is 1. The standard InChI is InChI=1S/C17H24F2O2/c1-5-12(2)13-6-8-14(9-7-13)17(18,19)11-16(3,4)10-15(20)21/h6-9,12H,5,10-11H2,1-4H3,(H,20,21). The number of carboxylic acids is 1. The van der Waals surface area contributed by atoms with E-state index in [1.165, 1.54) is 12.1 Å². The molecule has 0 aromatic heterocycles. The number of benzene rings is 1. The van der Waals surface area contributed by atoms with Crippen LogP contribution in [-0.4, -0.2) is 11.1 Å². The molecule has 1 aromatic rings. The Morgan fingerprint density at radius 3 is 2.19 bits per heavy atom. The van der Waals surface area contributed by atoms with Crippen LogP contribution >= 0.6 is 0 Å². The lowest BCUT2D eigenvalue weighted by atomic mass is 9.81. The zero-order valence-electron chi connectivity index (χ0n) is 13.1. The van der Waals surface area contributed by atoms with E-state index >= 15 is 0 Å². The van der Waals surface area contributed by atoms with Gasteiger partial charge in [0.2, 0.25) is 0 Å². The molecule has 2 nitrogen and oxygen atoms in total. The van der Waals surface area contributed by atoms with Gasteiger partial charge in [-0.15, -0.1) is 0 Å². The van der Waals surface area contributed by atoms with Gasteiger partial charge in [0.25, 0.3) is 5.92 Å². The first kappa shape index (κ1) is 17.6. The summed E-state index contributed by atoms with van der Waals surface area (Å²) in [6.45, 7) is 7.23. The number of hydrogen-bond acceptors (Lipinski definition) is 1. The molecule has 1 rings (SSSR count). The van der Waals surface area contributed by atoms with Crippen molar-refractivity contribution in [1.29, 1.82) is 0 Å². The quantitative estimate of drug-likeness (QED) is 0.752. The van der Waals surface area contributed by atoms with Crippen molar-refractivity contribution in [1.82, 2.24) is 0 Å². The van der Waals surface area contributed by atoms with Crippen molar-refractivity contribution in [2.45, 2.75) is 58.8 Å². The van der Waals surface area contributed by atoms with Crippen LogP contribution in [0.3, 0.4) is 0 Å². The highest BCUT2D eigenvalue weighted by atomic mass is 19.3. The van der Waals surface area contributed by atoms with Crippen LogP contribution in [0.5, 0.6) is 0 Å². The van der Waals surface area contributed by atoms with Crippen LogP contribution in [0, 0.1) is 5.41 Å². The molecule has 21 heavy (non-hydrogen) atoms. The fourth-order valence-corrected chi connectivity index (χ4v) is 2.47. The number of halogens is 2. The van der Waals surface area contributed by atoms with E-state index in [1.807, 2.05) is 0 Å². The summed E-state index contributed by atoms with van der Waals surface area (Å²) in [5.74, 6) is -3.73. The van der Waals surface area contributed by atoms with Gasteiger partial charge in [0.1, 0.15) is 0 Å². The molecule has 0 bridgehead atoms. The summed E-state index contributed by atoms with van der Waals surface area (Å²) >= 11 is 0. The number of alkyl halides is 2. The van der Waals surface area contributed by atoms with Crippen molar-refractivity contribution in [3.05, 3.63) is 35.4 Å². The van der Waals surface area contributed by atoms with E-state index in [0.29, 0.717) is 5.92 Å². The highest BCUT2D eigenvalue weighted by Gasteiger charge is 2.39. The molecule has 0 spiro atoms. The summed E-state index contributed by atoms with van der Waals surface area (Å²) in [6.07, 6.45) is 0.212. The van der Waals surface area contributed by atoms with Crippen LogP contribution in [0.1, 0.15) is 64.0 Å². The maximum Gasteiger partial charge on any atom is 0.303 e. The fraction of sp³-hybridized carbons (Fsp3) is 0.588. The predicted molar refractivity (Wildman–Crippen MR) is 79.7 cm³/mol. The van der Waals surface area contributed by atoms with Crippen LogP contribution < -0.4 is 0 Å². The molecule has 0 saturated heterocycles. The number of carboxylic acid groups (broad SMARTS) is 1. The molecule has 0 saturated carbocycles. The third kappa shape index (κ3) is 5.10. The summed E-state index contributed by atoms with van der Waals surface area (Å²) in [4.78, 5) is 10.7. The van der Waals surface area contributed by atoms with E-state index in [4.69, 9.17) is 5.11 Å². The molecule has 0 radical (unpaired) electrons. The Bertz CT molecular complexity index is 478. The highest BCUT2D eigenvalue weighted by molar-refractivity contribution is 5.67. The highest BCUT2D eigenvalue weighted by Crippen LogP contribution is 2.41. The molecule has 0 aliphatic heterocycles. The Hall–Kier alpha value is -1.45. The normalized spacial score (nSPS) is 14.0. The summed E-state index contributed by atoms with van der Waals surface area (Å²) in [5.41, 5.74) is 0.0416. The van der Waals surface area contributed by atoms with Crippen molar-refractivity contribution < 1.29 is 18.7 Å². The third-order valence-electron chi connectivity index (χ3n) is 3.84.